The normalized spacial score (nSPS) is 15.6. The summed E-state index contributed by atoms with van der Waals surface area (Å²) in [7, 11) is 0. The Morgan fingerprint density at radius 3 is 2.95 bits per heavy atom. The number of imidazole rings is 1. The molecule has 2 N–H and O–H groups in total. The van der Waals surface area contributed by atoms with Gasteiger partial charge in [0.25, 0.3) is 0 Å². The molecule has 3 rings (SSSR count). The third kappa shape index (κ3) is 3.01. The highest BCUT2D eigenvalue weighted by Gasteiger charge is 2.18. The Morgan fingerprint density at radius 2 is 2.19 bits per heavy atom. The van der Waals surface area contributed by atoms with Crippen molar-refractivity contribution in [1.82, 2.24) is 9.38 Å². The summed E-state index contributed by atoms with van der Waals surface area (Å²) in [6.45, 7) is 0.778. The van der Waals surface area contributed by atoms with E-state index in [1.54, 1.807) is 10.6 Å². The van der Waals surface area contributed by atoms with Gasteiger partial charge < -0.3 is 10.4 Å². The van der Waals surface area contributed by atoms with E-state index < -0.39 is 5.97 Å². The first-order valence-electron chi connectivity index (χ1n) is 7.70. The molecule has 0 amide bonds. The molecule has 0 radical (unpaired) electrons. The predicted octanol–water partition coefficient (Wildman–Crippen LogP) is 3.41. The average Bonchev–Trinajstić information content (AvgIpc) is 3.10. The molecule has 2 heterocycles. The first kappa shape index (κ1) is 13.9. The van der Waals surface area contributed by atoms with Crippen molar-refractivity contribution in [3.63, 3.8) is 0 Å². The number of carbonyl (C=O) groups is 1. The molecule has 5 nitrogen and oxygen atoms in total. The van der Waals surface area contributed by atoms with Gasteiger partial charge in [-0.2, -0.15) is 0 Å². The second-order valence-corrected chi connectivity index (χ2v) is 5.76. The molecule has 2 aromatic rings. The lowest BCUT2D eigenvalue weighted by molar-refractivity contribution is 0.0690. The molecule has 0 atom stereocenters. The number of nitrogens with one attached hydrogen (secondary N) is 1. The molecular weight excluding hydrogens is 266 g/mol. The molecule has 0 unspecified atom stereocenters. The second kappa shape index (κ2) is 6.16. The number of fused-ring (bicyclic) bond motifs is 1. The van der Waals surface area contributed by atoms with Crippen LogP contribution < -0.4 is 5.32 Å². The van der Waals surface area contributed by atoms with Crippen LogP contribution in [0.4, 0.5) is 5.82 Å². The van der Waals surface area contributed by atoms with Gasteiger partial charge in [-0.15, -0.1) is 0 Å². The minimum Gasteiger partial charge on any atom is -0.476 e. The molecule has 0 saturated heterocycles. The molecule has 1 aliphatic rings. The van der Waals surface area contributed by atoms with Crippen LogP contribution in [-0.2, 0) is 0 Å². The number of hydrogen-bond acceptors (Lipinski definition) is 3. The number of aromatic carboxylic acids is 1. The van der Waals surface area contributed by atoms with Crippen molar-refractivity contribution < 1.29 is 9.90 Å². The first-order valence-corrected chi connectivity index (χ1v) is 7.70. The van der Waals surface area contributed by atoms with Gasteiger partial charge >= 0.3 is 5.97 Å². The lowest BCUT2D eigenvalue weighted by atomic mass is 10.0. The highest BCUT2D eigenvalue weighted by Crippen LogP contribution is 2.28. The Labute approximate surface area is 124 Å². The molecule has 21 heavy (non-hydrogen) atoms. The van der Waals surface area contributed by atoms with E-state index >= 15 is 0 Å². The molecule has 0 spiro atoms. The predicted molar refractivity (Wildman–Crippen MR) is 81.8 cm³/mol. The Kier molecular flexibility index (Phi) is 4.08. The number of rotatable bonds is 6. The van der Waals surface area contributed by atoms with Crippen LogP contribution in [0.2, 0.25) is 0 Å². The second-order valence-electron chi connectivity index (χ2n) is 5.76. The molecule has 1 aliphatic carbocycles. The highest BCUT2D eigenvalue weighted by molar-refractivity contribution is 5.92. The number of nitrogens with zero attached hydrogens (tertiary/aromatic N) is 2. The van der Waals surface area contributed by atoms with Gasteiger partial charge in [-0.1, -0.05) is 31.7 Å². The maximum absolute atomic E-state index is 11.4. The Hall–Kier alpha value is -2.04. The summed E-state index contributed by atoms with van der Waals surface area (Å²) in [5, 5.41) is 12.6. The minimum absolute atomic E-state index is 0.214. The maximum atomic E-state index is 11.4. The Bertz CT molecular complexity index is 629. The van der Waals surface area contributed by atoms with Crippen LogP contribution in [0, 0.1) is 5.92 Å². The van der Waals surface area contributed by atoms with E-state index in [-0.39, 0.29) is 5.69 Å². The van der Waals surface area contributed by atoms with Crippen molar-refractivity contribution >= 4 is 17.4 Å². The summed E-state index contributed by atoms with van der Waals surface area (Å²) in [5.74, 6) is 0.388. The number of pyridine rings is 1. The maximum Gasteiger partial charge on any atom is 0.356 e. The van der Waals surface area contributed by atoms with Gasteiger partial charge in [0.15, 0.2) is 11.5 Å². The summed E-state index contributed by atoms with van der Waals surface area (Å²) >= 11 is 0. The largest absolute Gasteiger partial charge is 0.476 e. The van der Waals surface area contributed by atoms with Crippen molar-refractivity contribution in [1.29, 1.82) is 0 Å². The van der Waals surface area contributed by atoms with E-state index in [1.165, 1.54) is 32.1 Å². The molecule has 0 aliphatic heterocycles. The Balaban J connectivity index is 1.65. The fourth-order valence-corrected chi connectivity index (χ4v) is 3.22. The van der Waals surface area contributed by atoms with E-state index in [2.05, 4.69) is 10.3 Å². The van der Waals surface area contributed by atoms with Gasteiger partial charge in [0.1, 0.15) is 5.65 Å². The molecule has 1 fully saturated rings. The molecule has 1 saturated carbocycles. The van der Waals surface area contributed by atoms with Gasteiger partial charge in [-0.05, 0) is 30.9 Å². The van der Waals surface area contributed by atoms with Crippen LogP contribution in [0.15, 0.2) is 24.4 Å². The molecule has 112 valence electrons. The Morgan fingerprint density at radius 1 is 1.38 bits per heavy atom. The molecular formula is C16H21N3O2. The molecule has 0 bridgehead atoms. The van der Waals surface area contributed by atoms with Gasteiger partial charge in [-0.3, -0.25) is 4.40 Å². The summed E-state index contributed by atoms with van der Waals surface area (Å²) < 4.78 is 1.61. The van der Waals surface area contributed by atoms with Crippen molar-refractivity contribution in [2.45, 2.75) is 38.5 Å². The highest BCUT2D eigenvalue weighted by atomic mass is 16.4. The van der Waals surface area contributed by atoms with E-state index in [9.17, 15) is 9.90 Å². The van der Waals surface area contributed by atoms with Crippen LogP contribution in [0.5, 0.6) is 0 Å². The van der Waals surface area contributed by atoms with Crippen molar-refractivity contribution in [3.8, 4) is 0 Å². The standard InChI is InChI=1S/C16H21N3O2/c20-16(21)14-15(18-13-9-3-4-11-19(13)14)17-10-5-8-12-6-1-2-7-12/h3-4,9,11-12,17H,1-2,5-8,10H2,(H,20,21). The van der Waals surface area contributed by atoms with Crippen LogP contribution in [0.3, 0.4) is 0 Å². The van der Waals surface area contributed by atoms with Gasteiger partial charge in [0, 0.05) is 12.7 Å². The van der Waals surface area contributed by atoms with E-state index in [1.807, 2.05) is 18.2 Å². The molecule has 2 aromatic heterocycles. The zero-order valence-corrected chi connectivity index (χ0v) is 12.1. The summed E-state index contributed by atoms with van der Waals surface area (Å²) in [4.78, 5) is 15.8. The minimum atomic E-state index is -0.952. The zero-order chi connectivity index (χ0) is 14.7. The smallest absolute Gasteiger partial charge is 0.356 e. The van der Waals surface area contributed by atoms with Crippen molar-refractivity contribution in [2.24, 2.45) is 5.92 Å². The lowest BCUT2D eigenvalue weighted by Crippen LogP contribution is -2.09. The fourth-order valence-electron chi connectivity index (χ4n) is 3.22. The van der Waals surface area contributed by atoms with E-state index in [4.69, 9.17) is 0 Å². The van der Waals surface area contributed by atoms with Crippen molar-refractivity contribution in [2.75, 3.05) is 11.9 Å². The van der Waals surface area contributed by atoms with Crippen LogP contribution >= 0.6 is 0 Å². The number of carboxylic acids is 1. The molecule has 0 aromatic carbocycles. The summed E-state index contributed by atoms with van der Waals surface area (Å²) in [5.41, 5.74) is 0.875. The van der Waals surface area contributed by atoms with E-state index in [0.29, 0.717) is 11.5 Å². The fraction of sp³-hybridized carbons (Fsp3) is 0.500. The number of carboxylic acid groups (broad SMARTS) is 1. The third-order valence-electron chi connectivity index (χ3n) is 4.29. The SMILES string of the molecule is O=C(O)c1c(NCCCC2CCCC2)nc2ccccn12. The first-order chi connectivity index (χ1) is 10.3. The lowest BCUT2D eigenvalue weighted by Gasteiger charge is -2.09. The number of anilines is 1. The van der Waals surface area contributed by atoms with Crippen LogP contribution in [0.25, 0.3) is 5.65 Å². The summed E-state index contributed by atoms with van der Waals surface area (Å²) in [6, 6.07) is 5.49. The van der Waals surface area contributed by atoms with Gasteiger partial charge in [0.05, 0.1) is 0 Å². The molecule has 5 heteroatoms. The van der Waals surface area contributed by atoms with Crippen LogP contribution in [0.1, 0.15) is 49.0 Å². The number of hydrogen-bond donors (Lipinski definition) is 2. The van der Waals surface area contributed by atoms with Crippen LogP contribution in [-0.4, -0.2) is 27.0 Å². The summed E-state index contributed by atoms with van der Waals surface area (Å²) in [6.07, 6.45) is 9.47. The monoisotopic (exact) mass is 287 g/mol. The third-order valence-corrected chi connectivity index (χ3v) is 4.29. The quantitative estimate of drug-likeness (QED) is 0.799. The number of aromatic nitrogens is 2. The van der Waals surface area contributed by atoms with Gasteiger partial charge in [-0.25, -0.2) is 9.78 Å². The average molecular weight is 287 g/mol. The topological polar surface area (TPSA) is 66.6 Å². The van der Waals surface area contributed by atoms with Gasteiger partial charge in [0.2, 0.25) is 0 Å². The zero-order valence-electron chi connectivity index (χ0n) is 12.1. The van der Waals surface area contributed by atoms with Crippen molar-refractivity contribution in [3.05, 3.63) is 30.1 Å². The van der Waals surface area contributed by atoms with E-state index in [0.717, 1.165) is 18.9 Å².